The molecule has 2 nitrogen and oxygen atoms in total. The number of hydrogen-bond donors (Lipinski definition) is 0. The van der Waals surface area contributed by atoms with Crippen LogP contribution in [0.15, 0.2) is 0 Å². The zero-order valence-corrected chi connectivity index (χ0v) is 25.1. The van der Waals surface area contributed by atoms with Gasteiger partial charge >= 0.3 is 0 Å². The summed E-state index contributed by atoms with van der Waals surface area (Å²) in [4.78, 5) is 0. The van der Waals surface area contributed by atoms with Gasteiger partial charge < -0.3 is 9.47 Å². The van der Waals surface area contributed by atoms with E-state index in [1.54, 1.807) is 0 Å². The molecule has 2 heterocycles. The van der Waals surface area contributed by atoms with Gasteiger partial charge in [0.25, 0.3) is 0 Å². The monoisotopic (exact) mass is 536 g/mol. The molecule has 5 fully saturated rings. The fourth-order valence-electron chi connectivity index (χ4n) is 8.92. The molecule has 0 bridgehead atoms. The van der Waals surface area contributed by atoms with E-state index in [1.807, 2.05) is 0 Å². The van der Waals surface area contributed by atoms with Gasteiger partial charge in [-0.3, -0.25) is 0 Å². The van der Waals surface area contributed by atoms with E-state index in [0.717, 1.165) is 0 Å². The summed E-state index contributed by atoms with van der Waals surface area (Å²) in [6, 6.07) is -1.64. The molecule has 4 heteroatoms. The molecule has 2 saturated heterocycles. The second kappa shape index (κ2) is 14.3. The van der Waals surface area contributed by atoms with Crippen LogP contribution in [0.2, 0.25) is 0 Å². The van der Waals surface area contributed by atoms with Crippen LogP contribution in [0.25, 0.3) is 0 Å². The minimum atomic E-state index is -1.64. The molecule has 0 radical (unpaired) electrons. The third-order valence-electron chi connectivity index (χ3n) is 10.8. The Morgan fingerprint density at radius 3 is 1.00 bits per heavy atom. The predicted molar refractivity (Wildman–Crippen MR) is 158 cm³/mol. The minimum absolute atomic E-state index is 0.390. The normalized spacial score (nSPS) is 44.4. The molecule has 36 heavy (non-hydrogen) atoms. The molecule has 8 atom stereocenters. The maximum Gasteiger partial charge on any atom is 0.0679 e. The van der Waals surface area contributed by atoms with Crippen molar-refractivity contribution in [2.75, 3.05) is 0 Å². The zero-order chi connectivity index (χ0) is 24.6. The fourth-order valence-corrected chi connectivity index (χ4v) is 16.7. The summed E-state index contributed by atoms with van der Waals surface area (Å²) in [5.41, 5.74) is 1.92. The molecular weight excluding hydrogens is 479 g/mol. The molecule has 5 rings (SSSR count). The SMILES string of the molecule is S=P12C3CCCCCCCCCC3OC3CCCCCCCCC(OC4CCCCCCCCC41)C32. The van der Waals surface area contributed by atoms with Gasteiger partial charge in [0.2, 0.25) is 0 Å². The maximum atomic E-state index is 7.34. The summed E-state index contributed by atoms with van der Waals surface area (Å²) >= 11 is 7.34. The molecule has 208 valence electrons. The zero-order valence-electron chi connectivity index (χ0n) is 23.4. The van der Waals surface area contributed by atoms with E-state index < -0.39 is 6.04 Å². The molecule has 0 aromatic rings. The molecule has 0 spiro atoms. The molecule has 5 aliphatic rings. The average molecular weight is 537 g/mol. The van der Waals surface area contributed by atoms with Crippen LogP contribution in [0.4, 0.5) is 0 Å². The second-order valence-corrected chi connectivity index (χ2v) is 18.6. The summed E-state index contributed by atoms with van der Waals surface area (Å²) in [5, 5.41) is 0. The van der Waals surface area contributed by atoms with E-state index >= 15 is 0 Å². The van der Waals surface area contributed by atoms with Crippen molar-refractivity contribution in [2.24, 2.45) is 0 Å². The van der Waals surface area contributed by atoms with Crippen LogP contribution in [0.1, 0.15) is 161 Å². The number of hydrogen-bond acceptors (Lipinski definition) is 3. The Labute approximate surface area is 228 Å². The number of rotatable bonds is 0. The molecule has 0 aromatic carbocycles. The van der Waals surface area contributed by atoms with Crippen LogP contribution in [0.3, 0.4) is 0 Å². The lowest BCUT2D eigenvalue weighted by Gasteiger charge is -2.60. The van der Waals surface area contributed by atoms with E-state index in [-0.39, 0.29) is 0 Å². The van der Waals surface area contributed by atoms with Crippen molar-refractivity contribution in [3.05, 3.63) is 0 Å². The Balaban J connectivity index is 1.52. The van der Waals surface area contributed by atoms with Crippen LogP contribution in [-0.4, -0.2) is 41.4 Å². The predicted octanol–water partition coefficient (Wildman–Crippen LogP) is 9.90. The topological polar surface area (TPSA) is 18.5 Å². The highest BCUT2D eigenvalue weighted by Crippen LogP contribution is 2.72. The van der Waals surface area contributed by atoms with Gasteiger partial charge in [-0.2, -0.15) is 0 Å². The van der Waals surface area contributed by atoms with Crippen molar-refractivity contribution in [3.63, 3.8) is 0 Å². The molecule has 0 N–H and O–H groups in total. The molecule has 8 unspecified atom stereocenters. The molecule has 2 aliphatic heterocycles. The van der Waals surface area contributed by atoms with E-state index in [2.05, 4.69) is 0 Å². The Kier molecular flexibility index (Phi) is 11.1. The molecule has 0 aromatic heterocycles. The first-order valence-corrected chi connectivity index (χ1v) is 19.7. The van der Waals surface area contributed by atoms with Crippen LogP contribution in [0.5, 0.6) is 0 Å². The van der Waals surface area contributed by atoms with E-state index in [0.29, 0.717) is 41.4 Å². The van der Waals surface area contributed by atoms with Crippen molar-refractivity contribution in [1.82, 2.24) is 0 Å². The van der Waals surface area contributed by atoms with Crippen LogP contribution >= 0.6 is 6.04 Å². The van der Waals surface area contributed by atoms with Gasteiger partial charge in [-0.15, -0.1) is 0 Å². The number of fused-ring (bicyclic) bond motifs is 4. The number of ether oxygens (including phenoxy) is 2. The molecule has 3 saturated carbocycles. The van der Waals surface area contributed by atoms with Crippen molar-refractivity contribution in [1.29, 1.82) is 0 Å². The smallest absolute Gasteiger partial charge is 0.0679 e. The lowest BCUT2D eigenvalue weighted by Crippen LogP contribution is -2.59. The van der Waals surface area contributed by atoms with E-state index in [9.17, 15) is 0 Å². The third kappa shape index (κ3) is 6.64. The van der Waals surface area contributed by atoms with Gasteiger partial charge in [-0.25, -0.2) is 0 Å². The fraction of sp³-hybridized carbons (Fsp3) is 1.00. The average Bonchev–Trinajstić information content (AvgIpc) is 2.96. The molecule has 0 amide bonds. The van der Waals surface area contributed by atoms with Gasteiger partial charge in [-0.1, -0.05) is 134 Å². The van der Waals surface area contributed by atoms with Crippen molar-refractivity contribution in [2.45, 2.75) is 202 Å². The highest BCUT2D eigenvalue weighted by molar-refractivity contribution is 8.15. The summed E-state index contributed by atoms with van der Waals surface area (Å²) in [6.07, 6.45) is 36.1. The van der Waals surface area contributed by atoms with Crippen molar-refractivity contribution >= 4 is 17.8 Å². The van der Waals surface area contributed by atoms with Crippen LogP contribution in [-0.2, 0) is 21.3 Å². The Bertz CT molecular complexity index is 698. The lowest BCUT2D eigenvalue weighted by molar-refractivity contribution is -0.0999. The first-order chi connectivity index (χ1) is 17.8. The second-order valence-electron chi connectivity index (χ2n) is 13.3. The summed E-state index contributed by atoms with van der Waals surface area (Å²) in [7, 11) is 0. The van der Waals surface area contributed by atoms with Crippen molar-refractivity contribution < 1.29 is 9.47 Å². The lowest BCUT2D eigenvalue weighted by atomic mass is 9.95. The third-order valence-corrected chi connectivity index (χ3v) is 18.0. The van der Waals surface area contributed by atoms with Gasteiger partial charge in [0.15, 0.2) is 0 Å². The van der Waals surface area contributed by atoms with Gasteiger partial charge in [0, 0.05) is 17.0 Å². The largest absolute Gasteiger partial charge is 0.374 e. The van der Waals surface area contributed by atoms with Gasteiger partial charge in [0.05, 0.1) is 24.4 Å². The summed E-state index contributed by atoms with van der Waals surface area (Å²) < 4.78 is 14.6. The quantitative estimate of drug-likeness (QED) is 0.287. The van der Waals surface area contributed by atoms with Crippen molar-refractivity contribution in [3.8, 4) is 0 Å². The first kappa shape index (κ1) is 28.1. The highest BCUT2D eigenvalue weighted by atomic mass is 32.4. The van der Waals surface area contributed by atoms with E-state index in [4.69, 9.17) is 21.3 Å². The Morgan fingerprint density at radius 2 is 0.639 bits per heavy atom. The minimum Gasteiger partial charge on any atom is -0.374 e. The Morgan fingerprint density at radius 1 is 0.361 bits per heavy atom. The van der Waals surface area contributed by atoms with Gasteiger partial charge in [0.1, 0.15) is 0 Å². The van der Waals surface area contributed by atoms with Gasteiger partial charge in [-0.05, 0) is 44.6 Å². The van der Waals surface area contributed by atoms with Crippen LogP contribution in [0, 0.1) is 0 Å². The highest BCUT2D eigenvalue weighted by Gasteiger charge is 2.59. The summed E-state index contributed by atoms with van der Waals surface area (Å²) in [6.45, 7) is 0. The summed E-state index contributed by atoms with van der Waals surface area (Å²) in [5.74, 6) is 0. The first-order valence-electron chi connectivity index (χ1n) is 16.7. The molecular formula is C32H57O2PS. The Hall–Kier alpha value is 0.570. The van der Waals surface area contributed by atoms with E-state index in [1.165, 1.54) is 161 Å². The molecule has 3 aliphatic carbocycles. The maximum absolute atomic E-state index is 7.34. The standard InChI is InChI=1S/C32H57O2PS/c36-35-30-24-18-12-3-1-2-8-14-20-26(30)33-28-22-16-10-4-5-11-17-23-29(32(28)35)34-27-21-15-9-6-7-13-19-25-31(27)35/h26-32H,1-25H2. The van der Waals surface area contributed by atoms with Crippen LogP contribution < -0.4 is 0 Å².